The molecular weight excluding hydrogens is 430 g/mol. The third kappa shape index (κ3) is 5.43. The lowest BCUT2D eigenvalue weighted by Crippen LogP contribution is -2.30. The van der Waals surface area contributed by atoms with Gasteiger partial charge in [-0.3, -0.25) is 4.79 Å². The summed E-state index contributed by atoms with van der Waals surface area (Å²) in [6.45, 7) is 11.0. The fraction of sp³-hybridized carbons (Fsp3) is 0.435. The van der Waals surface area contributed by atoms with Gasteiger partial charge >= 0.3 is 5.97 Å². The summed E-state index contributed by atoms with van der Waals surface area (Å²) in [5.74, 6) is -0.602. The molecule has 2 rings (SSSR count). The lowest BCUT2D eigenvalue weighted by atomic mass is 10.0. The van der Waals surface area contributed by atoms with E-state index in [1.807, 2.05) is 19.9 Å². The maximum atomic E-state index is 13.0. The molecule has 8 heteroatoms. The Balaban J connectivity index is 2.40. The van der Waals surface area contributed by atoms with Crippen molar-refractivity contribution in [3.05, 3.63) is 45.3 Å². The number of aryl methyl sites for hydroxylation is 2. The second-order valence-corrected chi connectivity index (χ2v) is 8.40. The van der Waals surface area contributed by atoms with Crippen LogP contribution in [0.5, 0.6) is 0 Å². The molecule has 0 spiro atoms. The number of benzene rings is 1. The molecule has 0 radical (unpaired) electrons. The van der Waals surface area contributed by atoms with Crippen molar-refractivity contribution in [2.24, 2.45) is 0 Å². The Morgan fingerprint density at radius 3 is 2.13 bits per heavy atom. The first-order valence-corrected chi connectivity index (χ1v) is 11.7. The number of hydrogen-bond acceptors (Lipinski definition) is 5. The second-order valence-electron chi connectivity index (χ2n) is 6.97. The summed E-state index contributed by atoms with van der Waals surface area (Å²) in [5, 5.41) is 7.30. The first kappa shape index (κ1) is 24.8. The molecule has 168 valence electrons. The summed E-state index contributed by atoms with van der Waals surface area (Å²) in [5.41, 5.74) is 4.25. The molecule has 0 saturated carbocycles. The average molecular weight is 462 g/mol. The van der Waals surface area contributed by atoms with Gasteiger partial charge in [-0.1, -0.05) is 32.0 Å². The Kier molecular flexibility index (Phi) is 9.00. The van der Waals surface area contributed by atoms with Gasteiger partial charge in [0.15, 0.2) is 5.11 Å². The van der Waals surface area contributed by atoms with Crippen LogP contribution < -0.4 is 10.6 Å². The molecule has 0 fully saturated rings. The van der Waals surface area contributed by atoms with E-state index in [2.05, 4.69) is 36.6 Å². The summed E-state index contributed by atoms with van der Waals surface area (Å²) in [6.07, 6.45) is 1.74. The van der Waals surface area contributed by atoms with Crippen LogP contribution in [0.1, 0.15) is 64.4 Å². The monoisotopic (exact) mass is 461 g/mol. The summed E-state index contributed by atoms with van der Waals surface area (Å²) in [7, 11) is 1.33. The third-order valence-corrected chi connectivity index (χ3v) is 6.65. The number of nitrogens with zero attached hydrogens (tertiary/aromatic N) is 1. The smallest absolute Gasteiger partial charge is 0.341 e. The van der Waals surface area contributed by atoms with Gasteiger partial charge in [0.1, 0.15) is 5.00 Å². The third-order valence-electron chi connectivity index (χ3n) is 5.25. The number of esters is 1. The van der Waals surface area contributed by atoms with Crippen molar-refractivity contribution >= 4 is 51.2 Å². The topological polar surface area (TPSA) is 70.7 Å². The summed E-state index contributed by atoms with van der Waals surface area (Å²) in [4.78, 5) is 27.7. The van der Waals surface area contributed by atoms with Crippen LogP contribution in [0.3, 0.4) is 0 Å². The summed E-state index contributed by atoms with van der Waals surface area (Å²) >= 11 is 6.79. The van der Waals surface area contributed by atoms with Gasteiger partial charge in [0.25, 0.3) is 5.91 Å². The number of thiophene rings is 1. The van der Waals surface area contributed by atoms with Crippen LogP contribution >= 0.6 is 23.6 Å². The van der Waals surface area contributed by atoms with E-state index in [9.17, 15) is 9.59 Å². The zero-order valence-electron chi connectivity index (χ0n) is 19.0. The number of ether oxygens (including phenoxy) is 1. The standard InChI is InChI=1S/C23H31N3O3S2/c1-7-15-12-11-13-16(8-2)18(15)24-23(30)25-20-17(22(28)29-6)14(5)19(31-20)21(27)26(9-3)10-4/h11-13H,7-10H2,1-6H3,(H2,24,25,30). The van der Waals surface area contributed by atoms with Gasteiger partial charge in [0.05, 0.1) is 17.6 Å². The van der Waals surface area contributed by atoms with Crippen molar-refractivity contribution in [1.29, 1.82) is 0 Å². The number of para-hydroxylation sites is 1. The van der Waals surface area contributed by atoms with Gasteiger partial charge in [0.2, 0.25) is 0 Å². The van der Waals surface area contributed by atoms with Crippen LogP contribution in [0.2, 0.25) is 0 Å². The van der Waals surface area contributed by atoms with Gasteiger partial charge in [-0.15, -0.1) is 11.3 Å². The Hall–Kier alpha value is -2.45. The number of thiocarbonyl (C=S) groups is 1. The summed E-state index contributed by atoms with van der Waals surface area (Å²) < 4.78 is 4.98. The first-order valence-electron chi connectivity index (χ1n) is 10.5. The van der Waals surface area contributed by atoms with Crippen molar-refractivity contribution in [1.82, 2.24) is 4.90 Å². The van der Waals surface area contributed by atoms with Crippen LogP contribution in [0.25, 0.3) is 0 Å². The SMILES string of the molecule is CCc1cccc(CC)c1NC(=S)Nc1sc(C(=O)N(CC)CC)c(C)c1C(=O)OC. The van der Waals surface area contributed by atoms with Crippen LogP contribution in [0, 0.1) is 6.92 Å². The Morgan fingerprint density at radius 2 is 1.65 bits per heavy atom. The van der Waals surface area contributed by atoms with Crippen molar-refractivity contribution in [3.8, 4) is 0 Å². The van der Waals surface area contributed by atoms with Gasteiger partial charge in [-0.05, 0) is 62.5 Å². The van der Waals surface area contributed by atoms with Crippen molar-refractivity contribution in [2.45, 2.75) is 47.5 Å². The normalized spacial score (nSPS) is 10.5. The van der Waals surface area contributed by atoms with Crippen LogP contribution in [0.15, 0.2) is 18.2 Å². The van der Waals surface area contributed by atoms with Gasteiger partial charge in [-0.2, -0.15) is 0 Å². The minimum absolute atomic E-state index is 0.103. The molecule has 0 bridgehead atoms. The van der Waals surface area contributed by atoms with Crippen LogP contribution in [-0.2, 0) is 17.6 Å². The fourth-order valence-corrected chi connectivity index (χ4v) is 4.89. The molecule has 0 aliphatic carbocycles. The molecule has 0 saturated heterocycles. The van der Waals surface area contributed by atoms with E-state index in [-0.39, 0.29) is 5.91 Å². The molecule has 31 heavy (non-hydrogen) atoms. The predicted octanol–water partition coefficient (Wildman–Crippen LogP) is 5.26. The van der Waals surface area contributed by atoms with Crippen molar-refractivity contribution in [2.75, 3.05) is 30.8 Å². The van der Waals surface area contributed by atoms with E-state index in [0.29, 0.717) is 39.2 Å². The largest absolute Gasteiger partial charge is 0.465 e. The average Bonchev–Trinajstić information content (AvgIpc) is 3.09. The van der Waals surface area contributed by atoms with Crippen molar-refractivity contribution < 1.29 is 14.3 Å². The zero-order chi connectivity index (χ0) is 23.1. The molecule has 1 aromatic heterocycles. The number of anilines is 2. The first-order chi connectivity index (χ1) is 14.8. The number of nitrogens with one attached hydrogen (secondary N) is 2. The maximum absolute atomic E-state index is 13.0. The molecule has 1 amide bonds. The van der Waals surface area contributed by atoms with Crippen molar-refractivity contribution in [3.63, 3.8) is 0 Å². The van der Waals surface area contributed by atoms with E-state index in [1.165, 1.54) is 18.4 Å². The fourth-order valence-electron chi connectivity index (χ4n) is 3.46. The number of amides is 1. The minimum atomic E-state index is -0.499. The van der Waals surface area contributed by atoms with Gasteiger partial charge < -0.3 is 20.3 Å². The van der Waals surface area contributed by atoms with Gasteiger partial charge in [-0.25, -0.2) is 4.79 Å². The molecule has 1 heterocycles. The molecule has 2 N–H and O–H groups in total. The highest BCUT2D eigenvalue weighted by atomic mass is 32.1. The Morgan fingerprint density at radius 1 is 1.06 bits per heavy atom. The number of methoxy groups -OCH3 is 1. The highest BCUT2D eigenvalue weighted by Crippen LogP contribution is 2.35. The number of hydrogen-bond donors (Lipinski definition) is 2. The van der Waals surface area contributed by atoms with E-state index >= 15 is 0 Å². The molecule has 0 unspecified atom stereocenters. The van der Waals surface area contributed by atoms with Gasteiger partial charge in [0, 0.05) is 18.8 Å². The predicted molar refractivity (Wildman–Crippen MR) is 133 cm³/mol. The lowest BCUT2D eigenvalue weighted by molar-refractivity contribution is 0.0601. The minimum Gasteiger partial charge on any atom is -0.465 e. The molecule has 0 aliphatic heterocycles. The number of carbonyl (C=O) groups excluding carboxylic acids is 2. The van der Waals surface area contributed by atoms with E-state index in [0.717, 1.165) is 29.7 Å². The maximum Gasteiger partial charge on any atom is 0.341 e. The Labute approximate surface area is 194 Å². The zero-order valence-corrected chi connectivity index (χ0v) is 20.7. The number of carbonyl (C=O) groups is 2. The molecule has 1 aromatic carbocycles. The van der Waals surface area contributed by atoms with Crippen LogP contribution in [-0.4, -0.2) is 42.1 Å². The quantitative estimate of drug-likeness (QED) is 0.413. The molecule has 6 nitrogen and oxygen atoms in total. The lowest BCUT2D eigenvalue weighted by Gasteiger charge is -2.18. The summed E-state index contributed by atoms with van der Waals surface area (Å²) in [6, 6.07) is 6.18. The van der Waals surface area contributed by atoms with E-state index < -0.39 is 5.97 Å². The Bertz CT molecular complexity index is 943. The molecule has 0 atom stereocenters. The van der Waals surface area contributed by atoms with E-state index in [4.69, 9.17) is 17.0 Å². The molecule has 0 aliphatic rings. The number of rotatable bonds is 8. The molecule has 2 aromatic rings. The van der Waals surface area contributed by atoms with Crippen LogP contribution in [0.4, 0.5) is 10.7 Å². The highest BCUT2D eigenvalue weighted by molar-refractivity contribution is 7.80. The highest BCUT2D eigenvalue weighted by Gasteiger charge is 2.27. The second kappa shape index (κ2) is 11.2. The van der Waals surface area contributed by atoms with E-state index in [1.54, 1.807) is 11.8 Å². The molecular formula is C23H31N3O3S2.